The molecule has 0 aliphatic carbocycles. The lowest BCUT2D eigenvalue weighted by Gasteiger charge is -2.39. The Kier molecular flexibility index (Phi) is 8.23. The second-order valence-electron chi connectivity index (χ2n) is 8.04. The van der Waals surface area contributed by atoms with E-state index in [1.165, 1.54) is 24.8 Å². The molecule has 0 bridgehead atoms. The minimum Gasteiger partial charge on any atom is -0.493 e. The fraction of sp³-hybridized carbons (Fsp3) is 0.500. The van der Waals surface area contributed by atoms with Crippen LogP contribution in [0.25, 0.3) is 0 Å². The van der Waals surface area contributed by atoms with E-state index in [9.17, 15) is 4.39 Å². The van der Waals surface area contributed by atoms with Crippen LogP contribution in [0.2, 0.25) is 0 Å². The number of fused-ring (bicyclic) bond motifs is 1. The lowest BCUT2D eigenvalue weighted by atomic mass is 9.80. The van der Waals surface area contributed by atoms with Gasteiger partial charge in [0, 0.05) is 18.5 Å². The molecule has 2 aromatic carbocycles. The zero-order chi connectivity index (χ0) is 20.1. The molecule has 0 saturated carbocycles. The van der Waals surface area contributed by atoms with Crippen LogP contribution in [0.15, 0.2) is 42.5 Å². The van der Waals surface area contributed by atoms with Crippen molar-refractivity contribution in [3.8, 4) is 17.2 Å². The van der Waals surface area contributed by atoms with Crippen LogP contribution in [0.1, 0.15) is 44.1 Å². The third-order valence-corrected chi connectivity index (χ3v) is 6.00. The van der Waals surface area contributed by atoms with Gasteiger partial charge in [0.2, 0.25) is 6.79 Å². The Labute approximate surface area is 184 Å². The summed E-state index contributed by atoms with van der Waals surface area (Å²) in [5, 5.41) is 0. The van der Waals surface area contributed by atoms with Crippen molar-refractivity contribution in [2.75, 3.05) is 33.0 Å². The number of ether oxygens (including phenoxy) is 3. The van der Waals surface area contributed by atoms with Crippen molar-refractivity contribution in [2.45, 2.75) is 38.5 Å². The molecule has 0 spiro atoms. The average molecular weight is 436 g/mol. The number of unbranched alkanes of at least 4 members (excludes halogenated alkanes) is 2. The van der Waals surface area contributed by atoms with Crippen LogP contribution in [0.3, 0.4) is 0 Å². The van der Waals surface area contributed by atoms with E-state index in [0.29, 0.717) is 18.4 Å². The molecule has 0 amide bonds. The molecule has 2 aliphatic heterocycles. The van der Waals surface area contributed by atoms with Gasteiger partial charge in [0.25, 0.3) is 0 Å². The normalized spacial score (nSPS) is 20.6. The van der Waals surface area contributed by atoms with Gasteiger partial charge < -0.3 is 19.1 Å². The lowest BCUT2D eigenvalue weighted by molar-refractivity contribution is 0.109. The van der Waals surface area contributed by atoms with Gasteiger partial charge in [-0.15, -0.1) is 12.4 Å². The first kappa shape index (κ1) is 22.7. The van der Waals surface area contributed by atoms with Gasteiger partial charge in [0.15, 0.2) is 11.5 Å². The number of likely N-dealkylation sites (tertiary alicyclic amines) is 1. The Morgan fingerprint density at radius 1 is 1.07 bits per heavy atom. The summed E-state index contributed by atoms with van der Waals surface area (Å²) < 4.78 is 30.4. The number of halogens is 2. The second-order valence-corrected chi connectivity index (χ2v) is 8.04. The minimum absolute atomic E-state index is 0. The Morgan fingerprint density at radius 2 is 1.87 bits per heavy atom. The van der Waals surface area contributed by atoms with Crippen molar-refractivity contribution in [3.05, 3.63) is 53.8 Å². The van der Waals surface area contributed by atoms with E-state index in [-0.39, 0.29) is 25.0 Å². The zero-order valence-electron chi connectivity index (χ0n) is 17.5. The fourth-order valence-corrected chi connectivity index (χ4v) is 4.38. The maximum atomic E-state index is 13.4. The van der Waals surface area contributed by atoms with Crippen molar-refractivity contribution in [1.82, 2.24) is 4.90 Å². The van der Waals surface area contributed by atoms with Gasteiger partial charge in [-0.05, 0) is 61.7 Å². The van der Waals surface area contributed by atoms with Crippen molar-refractivity contribution >= 4 is 12.4 Å². The van der Waals surface area contributed by atoms with E-state index >= 15 is 0 Å². The third-order valence-electron chi connectivity index (χ3n) is 6.00. The molecule has 1 fully saturated rings. The highest BCUT2D eigenvalue weighted by Crippen LogP contribution is 2.37. The Hall–Kier alpha value is -1.98. The zero-order valence-corrected chi connectivity index (χ0v) is 18.3. The van der Waals surface area contributed by atoms with Gasteiger partial charge >= 0.3 is 0 Å². The summed E-state index contributed by atoms with van der Waals surface area (Å²) in [4.78, 5) is 2.56. The van der Waals surface area contributed by atoms with E-state index in [1.807, 2.05) is 30.3 Å². The molecule has 6 heteroatoms. The summed E-state index contributed by atoms with van der Waals surface area (Å²) in [6.45, 7) is 6.38. The highest BCUT2D eigenvalue weighted by atomic mass is 35.5. The van der Waals surface area contributed by atoms with Crippen LogP contribution < -0.4 is 14.2 Å². The number of hydrogen-bond acceptors (Lipinski definition) is 4. The summed E-state index contributed by atoms with van der Waals surface area (Å²) in [6, 6.07) is 12.7. The second kappa shape index (κ2) is 10.9. The molecule has 2 aromatic rings. The molecule has 2 aliphatic rings. The van der Waals surface area contributed by atoms with Crippen molar-refractivity contribution in [1.29, 1.82) is 0 Å². The maximum Gasteiger partial charge on any atom is 0.231 e. The topological polar surface area (TPSA) is 30.9 Å². The number of hydrogen-bond donors (Lipinski definition) is 0. The first-order valence-corrected chi connectivity index (χ1v) is 10.7. The predicted octanol–water partition coefficient (Wildman–Crippen LogP) is 5.65. The molecule has 0 N–H and O–H groups in total. The number of benzene rings is 2. The Morgan fingerprint density at radius 3 is 2.67 bits per heavy atom. The summed E-state index contributed by atoms with van der Waals surface area (Å²) in [5.74, 6) is 2.87. The van der Waals surface area contributed by atoms with E-state index in [1.54, 1.807) is 12.1 Å². The van der Waals surface area contributed by atoms with Crippen molar-refractivity contribution in [3.63, 3.8) is 0 Å². The van der Waals surface area contributed by atoms with Crippen molar-refractivity contribution in [2.24, 2.45) is 5.92 Å². The molecule has 2 atom stereocenters. The van der Waals surface area contributed by atoms with E-state index in [0.717, 1.165) is 43.3 Å². The molecular formula is C24H31ClFNO3. The van der Waals surface area contributed by atoms with Crippen LogP contribution in [-0.4, -0.2) is 37.9 Å². The third kappa shape index (κ3) is 5.58. The maximum absolute atomic E-state index is 13.4. The number of piperidine rings is 1. The summed E-state index contributed by atoms with van der Waals surface area (Å²) in [6.07, 6.45) is 4.83. The number of rotatable bonds is 8. The lowest BCUT2D eigenvalue weighted by Crippen LogP contribution is -2.42. The first-order chi connectivity index (χ1) is 14.2. The fourth-order valence-electron chi connectivity index (χ4n) is 4.38. The van der Waals surface area contributed by atoms with Gasteiger partial charge in [0.05, 0.1) is 6.61 Å². The number of nitrogens with zero attached hydrogens (tertiary/aromatic N) is 1. The summed E-state index contributed by atoms with van der Waals surface area (Å²) in [7, 11) is 0. The molecule has 4 rings (SSSR count). The van der Waals surface area contributed by atoms with E-state index < -0.39 is 0 Å². The summed E-state index contributed by atoms with van der Waals surface area (Å²) in [5.41, 5.74) is 1.21. The van der Waals surface area contributed by atoms with Crippen LogP contribution in [0, 0.1) is 11.7 Å². The van der Waals surface area contributed by atoms with Crippen LogP contribution >= 0.6 is 12.4 Å². The molecule has 30 heavy (non-hydrogen) atoms. The molecular weight excluding hydrogens is 405 g/mol. The van der Waals surface area contributed by atoms with Crippen molar-refractivity contribution < 1.29 is 18.6 Å². The van der Waals surface area contributed by atoms with Crippen LogP contribution in [-0.2, 0) is 0 Å². The monoisotopic (exact) mass is 435 g/mol. The average Bonchev–Trinajstić information content (AvgIpc) is 3.21. The molecule has 0 radical (unpaired) electrons. The van der Waals surface area contributed by atoms with Gasteiger partial charge in [-0.1, -0.05) is 31.9 Å². The molecule has 1 saturated heterocycles. The predicted molar refractivity (Wildman–Crippen MR) is 119 cm³/mol. The first-order valence-electron chi connectivity index (χ1n) is 10.7. The molecule has 0 aromatic heterocycles. The Balaban J connectivity index is 0.00000256. The molecule has 2 heterocycles. The minimum atomic E-state index is -0.182. The highest BCUT2D eigenvalue weighted by molar-refractivity contribution is 5.85. The van der Waals surface area contributed by atoms with Crippen LogP contribution in [0.5, 0.6) is 17.2 Å². The van der Waals surface area contributed by atoms with Gasteiger partial charge in [-0.25, -0.2) is 4.39 Å². The highest BCUT2D eigenvalue weighted by Gasteiger charge is 2.31. The van der Waals surface area contributed by atoms with Gasteiger partial charge in [-0.2, -0.15) is 0 Å². The smallest absolute Gasteiger partial charge is 0.231 e. The van der Waals surface area contributed by atoms with Crippen LogP contribution in [0.4, 0.5) is 4.39 Å². The molecule has 164 valence electrons. The van der Waals surface area contributed by atoms with E-state index in [4.69, 9.17) is 14.2 Å². The van der Waals surface area contributed by atoms with Gasteiger partial charge in [-0.3, -0.25) is 0 Å². The SMILES string of the molecule is CCCCCN1CC[C@@H](c2ccc(F)cc2)[C@@H](COc2ccc3c(c2)OCO3)C1.Cl. The quantitative estimate of drug-likeness (QED) is 0.501. The summed E-state index contributed by atoms with van der Waals surface area (Å²) >= 11 is 0. The largest absolute Gasteiger partial charge is 0.493 e. The van der Waals surface area contributed by atoms with E-state index in [2.05, 4.69) is 11.8 Å². The Bertz CT molecular complexity index is 802. The van der Waals surface area contributed by atoms with Gasteiger partial charge in [0.1, 0.15) is 11.6 Å². The standard InChI is InChI=1S/C24H30FNO3.ClH/c1-2-3-4-12-26-13-11-22(18-5-7-20(25)8-6-18)19(15-26)16-27-21-9-10-23-24(14-21)29-17-28-23;/h5-10,14,19,22H,2-4,11-13,15-17H2,1H3;1H/t19-,22+;/m1./s1. The molecule has 4 nitrogen and oxygen atoms in total. The molecule has 0 unspecified atom stereocenters.